The molecule has 0 radical (unpaired) electrons. The van der Waals surface area contributed by atoms with E-state index in [1.165, 1.54) is 22.3 Å². The number of aliphatic carboxylic acids is 1. The summed E-state index contributed by atoms with van der Waals surface area (Å²) in [5.74, 6) is -0.0923. The molecule has 3 atom stereocenters. The summed E-state index contributed by atoms with van der Waals surface area (Å²) in [5.41, 5.74) is 9.95. The number of hydrogen-bond acceptors (Lipinski definition) is 5. The van der Waals surface area contributed by atoms with E-state index in [0.717, 1.165) is 59.4 Å². The predicted octanol–water partition coefficient (Wildman–Crippen LogP) is 5.46. The molecule has 0 amide bonds. The highest BCUT2D eigenvalue weighted by atomic mass is 16.5. The van der Waals surface area contributed by atoms with Gasteiger partial charge in [0.05, 0.1) is 11.9 Å². The topological polar surface area (TPSA) is 80.5 Å². The first-order valence-corrected chi connectivity index (χ1v) is 13.4. The Morgan fingerprint density at radius 2 is 1.97 bits per heavy atom. The van der Waals surface area contributed by atoms with E-state index in [1.54, 1.807) is 4.68 Å². The van der Waals surface area contributed by atoms with Crippen LogP contribution in [0.2, 0.25) is 0 Å². The largest absolute Gasteiger partial charge is 0.489 e. The molecule has 4 aromatic rings. The van der Waals surface area contributed by atoms with Crippen LogP contribution < -0.4 is 4.74 Å². The summed E-state index contributed by atoms with van der Waals surface area (Å²) < 4.78 is 8.04. The van der Waals surface area contributed by atoms with E-state index in [4.69, 9.17) is 4.74 Å². The number of nitrogens with zero attached hydrogens (tertiary/aromatic N) is 4. The summed E-state index contributed by atoms with van der Waals surface area (Å²) in [6.07, 6.45) is 2.20. The van der Waals surface area contributed by atoms with Gasteiger partial charge >= 0.3 is 5.97 Å². The molecule has 3 aromatic carbocycles. The lowest BCUT2D eigenvalue weighted by Gasteiger charge is -2.30. The van der Waals surface area contributed by atoms with Crippen molar-refractivity contribution in [3.63, 3.8) is 0 Å². The van der Waals surface area contributed by atoms with Gasteiger partial charge in [-0.1, -0.05) is 47.2 Å². The predicted molar refractivity (Wildman–Crippen MR) is 147 cm³/mol. The number of hydrogen-bond donors (Lipinski definition) is 1. The SMILES string of the molecule is Cc1ccc2c(c1)CN(C1CCc3ccc(C(CC(=O)O)c4ccc5c(nnn5C)c4C)cc31)C[C@@H](C)O2. The Kier molecular flexibility index (Phi) is 6.19. The molecule has 2 unspecified atom stereocenters. The van der Waals surface area contributed by atoms with Crippen LogP contribution in [-0.2, 0) is 24.8 Å². The van der Waals surface area contributed by atoms with Crippen LogP contribution in [0.25, 0.3) is 11.0 Å². The zero-order valence-electron chi connectivity index (χ0n) is 22.4. The molecule has 196 valence electrons. The monoisotopic (exact) mass is 510 g/mol. The number of ether oxygens (including phenoxy) is 1. The summed E-state index contributed by atoms with van der Waals surface area (Å²) in [4.78, 5) is 14.6. The average Bonchev–Trinajstić information content (AvgIpc) is 3.43. The highest BCUT2D eigenvalue weighted by molar-refractivity contribution is 5.80. The first-order valence-electron chi connectivity index (χ1n) is 13.4. The molecule has 38 heavy (non-hydrogen) atoms. The molecule has 7 heteroatoms. The third kappa shape index (κ3) is 4.35. The van der Waals surface area contributed by atoms with Crippen molar-refractivity contribution in [2.24, 2.45) is 7.05 Å². The lowest BCUT2D eigenvalue weighted by Crippen LogP contribution is -2.33. The number of carboxylic acids is 1. The Bertz CT molecular complexity index is 1540. The van der Waals surface area contributed by atoms with Crippen molar-refractivity contribution >= 4 is 17.0 Å². The van der Waals surface area contributed by atoms with Crippen LogP contribution in [0.1, 0.15) is 70.7 Å². The number of aromatic nitrogens is 3. The fraction of sp³-hybridized carbons (Fsp3) is 0.387. The van der Waals surface area contributed by atoms with E-state index >= 15 is 0 Å². The number of carboxylic acid groups (broad SMARTS) is 1. The van der Waals surface area contributed by atoms with Gasteiger partial charge in [0.2, 0.25) is 0 Å². The molecule has 2 aliphatic rings. The molecular formula is C31H34N4O3. The van der Waals surface area contributed by atoms with Gasteiger partial charge in [0.25, 0.3) is 0 Å². The Labute approximate surface area is 223 Å². The molecule has 7 nitrogen and oxygen atoms in total. The van der Waals surface area contributed by atoms with Gasteiger partial charge in [-0.3, -0.25) is 9.69 Å². The molecule has 0 bridgehead atoms. The van der Waals surface area contributed by atoms with Gasteiger partial charge in [0.1, 0.15) is 17.4 Å². The van der Waals surface area contributed by atoms with Gasteiger partial charge in [-0.25, -0.2) is 4.68 Å². The summed E-state index contributed by atoms with van der Waals surface area (Å²) in [6.45, 7) is 7.98. The van der Waals surface area contributed by atoms with Crippen molar-refractivity contribution < 1.29 is 14.6 Å². The summed E-state index contributed by atoms with van der Waals surface area (Å²) >= 11 is 0. The molecule has 1 aliphatic carbocycles. The van der Waals surface area contributed by atoms with Gasteiger partial charge in [0, 0.05) is 37.7 Å². The lowest BCUT2D eigenvalue weighted by molar-refractivity contribution is -0.137. The van der Waals surface area contributed by atoms with Crippen LogP contribution >= 0.6 is 0 Å². The molecule has 0 saturated heterocycles. The minimum Gasteiger partial charge on any atom is -0.489 e. The molecule has 0 spiro atoms. The number of carbonyl (C=O) groups is 1. The van der Waals surface area contributed by atoms with Gasteiger partial charge in [-0.2, -0.15) is 0 Å². The molecule has 0 saturated carbocycles. The molecule has 1 aliphatic heterocycles. The zero-order valence-corrected chi connectivity index (χ0v) is 22.4. The second-order valence-electron chi connectivity index (χ2n) is 11.0. The van der Waals surface area contributed by atoms with Crippen LogP contribution in [0, 0.1) is 13.8 Å². The van der Waals surface area contributed by atoms with E-state index < -0.39 is 5.97 Å². The zero-order chi connectivity index (χ0) is 26.6. The van der Waals surface area contributed by atoms with Gasteiger partial charge in [-0.05, 0) is 73.6 Å². The normalized spacial score (nSPS) is 20.0. The van der Waals surface area contributed by atoms with Gasteiger partial charge in [0.15, 0.2) is 0 Å². The Morgan fingerprint density at radius 1 is 1.13 bits per heavy atom. The third-order valence-electron chi connectivity index (χ3n) is 8.30. The Balaban J connectivity index is 1.38. The highest BCUT2D eigenvalue weighted by Crippen LogP contribution is 2.42. The summed E-state index contributed by atoms with van der Waals surface area (Å²) in [6, 6.07) is 17.4. The third-order valence-corrected chi connectivity index (χ3v) is 8.30. The summed E-state index contributed by atoms with van der Waals surface area (Å²) in [7, 11) is 1.87. The number of rotatable bonds is 5. The van der Waals surface area contributed by atoms with Gasteiger partial charge < -0.3 is 9.84 Å². The number of aryl methyl sites for hydroxylation is 4. The van der Waals surface area contributed by atoms with Gasteiger partial charge in [-0.15, -0.1) is 5.10 Å². The van der Waals surface area contributed by atoms with Crippen LogP contribution in [0.15, 0.2) is 48.5 Å². The standard InChI is InChI=1S/C31H34N4O3/c1-18-5-12-29-23(13-18)17-35(16-19(2)38-29)27-10-8-21-6-7-22(14-26(21)27)25(15-30(36)37)24-9-11-28-31(20(24)3)32-33-34(28)4/h5-7,9,11-14,19,25,27H,8,10,15-17H2,1-4H3,(H,36,37)/t19-,25?,27?/m1/s1. The summed E-state index contributed by atoms with van der Waals surface area (Å²) in [5, 5.41) is 18.4. The highest BCUT2D eigenvalue weighted by Gasteiger charge is 2.33. The maximum absolute atomic E-state index is 12.0. The second-order valence-corrected chi connectivity index (χ2v) is 11.0. The molecule has 1 N–H and O–H groups in total. The van der Waals surface area contributed by atoms with Crippen LogP contribution in [-0.4, -0.2) is 43.6 Å². The van der Waals surface area contributed by atoms with E-state index in [1.807, 2.05) is 26.1 Å². The number of benzene rings is 3. The van der Waals surface area contributed by atoms with E-state index in [2.05, 4.69) is 65.5 Å². The van der Waals surface area contributed by atoms with Crippen molar-refractivity contribution in [3.05, 3.63) is 87.5 Å². The van der Waals surface area contributed by atoms with Crippen molar-refractivity contribution in [3.8, 4) is 5.75 Å². The molecule has 1 aromatic heterocycles. The smallest absolute Gasteiger partial charge is 0.304 e. The number of fused-ring (bicyclic) bond motifs is 3. The first kappa shape index (κ1) is 24.6. The van der Waals surface area contributed by atoms with Crippen molar-refractivity contribution in [1.29, 1.82) is 0 Å². The van der Waals surface area contributed by atoms with E-state index in [9.17, 15) is 9.90 Å². The quantitative estimate of drug-likeness (QED) is 0.384. The van der Waals surface area contributed by atoms with Crippen LogP contribution in [0.4, 0.5) is 0 Å². The van der Waals surface area contributed by atoms with E-state index in [0.29, 0.717) is 0 Å². The maximum Gasteiger partial charge on any atom is 0.304 e. The molecule has 6 rings (SSSR count). The van der Waals surface area contributed by atoms with E-state index in [-0.39, 0.29) is 24.5 Å². The lowest BCUT2D eigenvalue weighted by atomic mass is 9.84. The molecular weight excluding hydrogens is 476 g/mol. The van der Waals surface area contributed by atoms with Crippen molar-refractivity contribution in [2.75, 3.05) is 6.54 Å². The van der Waals surface area contributed by atoms with Crippen molar-refractivity contribution in [1.82, 2.24) is 19.9 Å². The maximum atomic E-state index is 12.0. The first-order chi connectivity index (χ1) is 18.3. The van der Waals surface area contributed by atoms with Crippen molar-refractivity contribution in [2.45, 2.75) is 64.6 Å². The Morgan fingerprint density at radius 3 is 2.79 bits per heavy atom. The fourth-order valence-corrected chi connectivity index (χ4v) is 6.46. The molecule has 0 fully saturated rings. The average molecular weight is 511 g/mol. The minimum absolute atomic E-state index is 0.0251. The second kappa shape index (κ2) is 9.55. The van der Waals surface area contributed by atoms with Crippen LogP contribution in [0.3, 0.4) is 0 Å². The minimum atomic E-state index is -0.809. The fourth-order valence-electron chi connectivity index (χ4n) is 6.46. The van der Waals surface area contributed by atoms with Crippen LogP contribution in [0.5, 0.6) is 5.75 Å². The molecule has 2 heterocycles. The Hall–Kier alpha value is -3.71.